The normalized spacial score (nSPS) is 15.9. The van der Waals surface area contributed by atoms with Gasteiger partial charge in [-0.15, -0.1) is 0 Å². The molecule has 3 heteroatoms. The van der Waals surface area contributed by atoms with Crippen LogP contribution in [-0.2, 0) is 17.3 Å². The summed E-state index contributed by atoms with van der Waals surface area (Å²) in [6, 6.07) is 33.5. The van der Waals surface area contributed by atoms with Gasteiger partial charge < -0.3 is 10.2 Å². The first-order chi connectivity index (χ1) is 16.9. The van der Waals surface area contributed by atoms with Crippen LogP contribution in [-0.4, -0.2) is 14.9 Å². The SMILES string of the molecule is CC(C)(C)[Si](OC1CCc2c1ccc1ccc(CCCN)cc21)(c1ccccc1)c1ccccc1. The van der Waals surface area contributed by atoms with E-state index < -0.39 is 8.32 Å². The van der Waals surface area contributed by atoms with Gasteiger partial charge in [-0.3, -0.25) is 0 Å². The van der Waals surface area contributed by atoms with Crippen LogP contribution in [0.1, 0.15) is 56.4 Å². The van der Waals surface area contributed by atoms with Crippen molar-refractivity contribution in [3.63, 3.8) is 0 Å². The van der Waals surface area contributed by atoms with Gasteiger partial charge >= 0.3 is 0 Å². The van der Waals surface area contributed by atoms with Crippen LogP contribution in [0.15, 0.2) is 91.0 Å². The third-order valence-electron chi connectivity index (χ3n) is 7.64. The molecule has 1 atom stereocenters. The van der Waals surface area contributed by atoms with Crippen molar-refractivity contribution >= 4 is 29.5 Å². The Labute approximate surface area is 211 Å². The molecule has 0 saturated carbocycles. The van der Waals surface area contributed by atoms with Crippen molar-refractivity contribution < 1.29 is 4.43 Å². The quantitative estimate of drug-likeness (QED) is 0.316. The highest BCUT2D eigenvalue weighted by Gasteiger charge is 2.52. The van der Waals surface area contributed by atoms with Crippen molar-refractivity contribution in [2.24, 2.45) is 5.73 Å². The van der Waals surface area contributed by atoms with E-state index >= 15 is 0 Å². The summed E-state index contributed by atoms with van der Waals surface area (Å²) < 4.78 is 7.53. The van der Waals surface area contributed by atoms with E-state index in [0.717, 1.165) is 32.2 Å². The van der Waals surface area contributed by atoms with Crippen LogP contribution < -0.4 is 16.1 Å². The van der Waals surface area contributed by atoms with Crippen LogP contribution in [0.2, 0.25) is 5.04 Å². The molecule has 1 unspecified atom stereocenters. The van der Waals surface area contributed by atoms with Gasteiger partial charge in [0.05, 0.1) is 6.10 Å². The minimum absolute atomic E-state index is 0.0231. The van der Waals surface area contributed by atoms with E-state index in [9.17, 15) is 0 Å². The van der Waals surface area contributed by atoms with Crippen LogP contribution >= 0.6 is 0 Å². The fourth-order valence-electron chi connectivity index (χ4n) is 5.95. The monoisotopic (exact) mass is 479 g/mol. The summed E-state index contributed by atoms with van der Waals surface area (Å²) in [5, 5.41) is 5.39. The van der Waals surface area contributed by atoms with Crippen molar-refractivity contribution in [3.8, 4) is 0 Å². The smallest absolute Gasteiger partial charge is 0.261 e. The summed E-state index contributed by atoms with van der Waals surface area (Å²) in [4.78, 5) is 0. The standard InChI is InChI=1S/C32H37NOSi/c1-32(2,3)35(26-12-6-4-7-13-26,27-14-8-5-9-15-27)34-31-21-20-28-29(31)19-18-25-17-16-24(11-10-22-33)23-30(25)28/h4-9,12-19,23,31H,10-11,20-22,33H2,1-3H3. The Morgan fingerprint density at radius 2 is 1.49 bits per heavy atom. The summed E-state index contributed by atoms with van der Waals surface area (Å²) >= 11 is 0. The van der Waals surface area contributed by atoms with Gasteiger partial charge in [0, 0.05) is 0 Å². The van der Waals surface area contributed by atoms with E-state index in [0.29, 0.717) is 0 Å². The lowest BCUT2D eigenvalue weighted by Crippen LogP contribution is -2.66. The molecule has 1 aliphatic rings. The molecule has 0 aliphatic heterocycles. The minimum atomic E-state index is -2.59. The second-order valence-electron chi connectivity index (χ2n) is 10.9. The molecule has 180 valence electrons. The zero-order valence-corrected chi connectivity index (χ0v) is 22.3. The van der Waals surface area contributed by atoms with Crippen molar-refractivity contribution in [2.75, 3.05) is 6.54 Å². The van der Waals surface area contributed by atoms with Gasteiger partial charge in [0.2, 0.25) is 0 Å². The van der Waals surface area contributed by atoms with Crippen LogP contribution in [0.25, 0.3) is 10.8 Å². The highest BCUT2D eigenvalue weighted by Crippen LogP contribution is 2.45. The Morgan fingerprint density at radius 1 is 0.857 bits per heavy atom. The maximum absolute atomic E-state index is 7.53. The van der Waals surface area contributed by atoms with Crippen LogP contribution in [0, 0.1) is 0 Å². The first-order valence-corrected chi connectivity index (χ1v) is 14.9. The van der Waals surface area contributed by atoms with Crippen molar-refractivity contribution in [1.82, 2.24) is 0 Å². The molecule has 0 aromatic heterocycles. The first-order valence-electron chi connectivity index (χ1n) is 13.0. The Morgan fingerprint density at radius 3 is 2.09 bits per heavy atom. The summed E-state index contributed by atoms with van der Waals surface area (Å²) in [6.07, 6.45) is 4.27. The Kier molecular flexibility index (Phi) is 6.67. The van der Waals surface area contributed by atoms with Crippen LogP contribution in [0.5, 0.6) is 0 Å². The highest BCUT2D eigenvalue weighted by atomic mass is 28.4. The second-order valence-corrected chi connectivity index (χ2v) is 15.1. The van der Waals surface area contributed by atoms with E-state index in [1.54, 1.807) is 0 Å². The summed E-state index contributed by atoms with van der Waals surface area (Å²) in [6.45, 7) is 7.82. The molecule has 0 bridgehead atoms. The molecule has 0 fully saturated rings. The molecule has 35 heavy (non-hydrogen) atoms. The number of rotatable bonds is 7. The lowest BCUT2D eigenvalue weighted by molar-refractivity contribution is 0.192. The number of nitrogens with two attached hydrogens (primary N) is 1. The van der Waals surface area contributed by atoms with Crippen molar-refractivity contribution in [2.45, 2.75) is 57.6 Å². The van der Waals surface area contributed by atoms with Gasteiger partial charge in [-0.25, -0.2) is 0 Å². The van der Waals surface area contributed by atoms with Crippen molar-refractivity contribution in [3.05, 3.63) is 108 Å². The van der Waals surface area contributed by atoms with E-state index in [-0.39, 0.29) is 11.1 Å². The predicted molar refractivity (Wildman–Crippen MR) is 151 cm³/mol. The third kappa shape index (κ3) is 4.38. The average molecular weight is 480 g/mol. The lowest BCUT2D eigenvalue weighted by Gasteiger charge is -2.44. The largest absolute Gasteiger partial charge is 0.400 e. The molecule has 0 saturated heterocycles. The number of fused-ring (bicyclic) bond motifs is 3. The van der Waals surface area contributed by atoms with Gasteiger partial charge in [-0.2, -0.15) is 0 Å². The lowest BCUT2D eigenvalue weighted by atomic mass is 9.97. The first kappa shape index (κ1) is 24.0. The minimum Gasteiger partial charge on any atom is -0.400 e. The maximum atomic E-state index is 7.53. The molecule has 0 radical (unpaired) electrons. The summed E-state index contributed by atoms with van der Waals surface area (Å²) in [5.41, 5.74) is 10.0. The summed E-state index contributed by atoms with van der Waals surface area (Å²) in [7, 11) is -2.59. The van der Waals surface area contributed by atoms with Gasteiger partial charge in [0.25, 0.3) is 8.32 Å². The van der Waals surface area contributed by atoms with Gasteiger partial charge in [-0.05, 0) is 75.1 Å². The Balaban J connectivity index is 1.62. The Hall–Kier alpha value is -2.72. The molecular weight excluding hydrogens is 442 g/mol. The van der Waals surface area contributed by atoms with E-state index in [1.807, 2.05) is 0 Å². The average Bonchev–Trinajstić information content (AvgIpc) is 3.29. The third-order valence-corrected chi connectivity index (χ3v) is 12.7. The fourth-order valence-corrected chi connectivity index (χ4v) is 10.6. The zero-order chi connectivity index (χ0) is 24.5. The van der Waals surface area contributed by atoms with E-state index in [4.69, 9.17) is 10.2 Å². The number of aryl methyl sites for hydroxylation is 2. The van der Waals surface area contributed by atoms with Crippen molar-refractivity contribution in [1.29, 1.82) is 0 Å². The van der Waals surface area contributed by atoms with Crippen LogP contribution in [0.4, 0.5) is 0 Å². The molecule has 5 rings (SSSR count). The molecule has 2 N–H and O–H groups in total. The molecule has 1 aliphatic carbocycles. The molecule has 0 heterocycles. The molecule has 4 aromatic carbocycles. The summed E-state index contributed by atoms with van der Waals surface area (Å²) in [5.74, 6) is 0. The topological polar surface area (TPSA) is 35.2 Å². The molecule has 0 amide bonds. The molecule has 0 spiro atoms. The van der Waals surface area contributed by atoms with Gasteiger partial charge in [-0.1, -0.05) is 112 Å². The molecule has 2 nitrogen and oxygen atoms in total. The van der Waals surface area contributed by atoms with E-state index in [2.05, 4.69) is 112 Å². The zero-order valence-electron chi connectivity index (χ0n) is 21.3. The second kappa shape index (κ2) is 9.73. The van der Waals surface area contributed by atoms with Gasteiger partial charge in [0.15, 0.2) is 0 Å². The van der Waals surface area contributed by atoms with E-state index in [1.165, 1.54) is 37.8 Å². The highest BCUT2D eigenvalue weighted by molar-refractivity contribution is 6.99. The van der Waals surface area contributed by atoms with Crippen LogP contribution in [0.3, 0.4) is 0 Å². The number of hydrogen-bond donors (Lipinski definition) is 1. The maximum Gasteiger partial charge on any atom is 0.261 e. The predicted octanol–water partition coefficient (Wildman–Crippen LogP) is 6.30. The molecular formula is C32H37NOSi. The number of benzene rings is 4. The van der Waals surface area contributed by atoms with Gasteiger partial charge in [0.1, 0.15) is 0 Å². The Bertz CT molecular complexity index is 1250. The fraction of sp³-hybridized carbons (Fsp3) is 0.312. The number of hydrogen-bond acceptors (Lipinski definition) is 2. The molecule has 4 aromatic rings.